The van der Waals surface area contributed by atoms with Gasteiger partial charge in [0.25, 0.3) is 5.56 Å². The number of nitrogen functional groups attached to an aromatic ring is 2. The molecule has 3 unspecified atom stereocenters. The number of aromatic amines is 1. The Morgan fingerprint density at radius 3 is 2.43 bits per heavy atom. The largest absolute Gasteiger partial charge is 0.472 e. The van der Waals surface area contributed by atoms with Crippen molar-refractivity contribution in [1.82, 2.24) is 39.0 Å². The summed E-state index contributed by atoms with van der Waals surface area (Å²) in [5.74, 6) is 1.92. The van der Waals surface area contributed by atoms with Gasteiger partial charge in [-0.1, -0.05) is 5.92 Å². The fourth-order valence-electron chi connectivity index (χ4n) is 5.04. The lowest BCUT2D eigenvalue weighted by Crippen LogP contribution is -2.45. The van der Waals surface area contributed by atoms with Gasteiger partial charge in [0.15, 0.2) is 40.7 Å². The number of anilines is 2. The minimum atomic E-state index is -5.21. The first kappa shape index (κ1) is 34.3. The number of aliphatic hydroxyl groups is 4. The first-order chi connectivity index (χ1) is 22.3. The lowest BCUT2D eigenvalue weighted by molar-refractivity contribution is -0.0943. The van der Waals surface area contributed by atoms with Crippen molar-refractivity contribution in [3.05, 3.63) is 29.3 Å². The van der Waals surface area contributed by atoms with E-state index < -0.39 is 83.9 Å². The van der Waals surface area contributed by atoms with Crippen molar-refractivity contribution in [2.75, 3.05) is 24.7 Å². The van der Waals surface area contributed by atoms with Gasteiger partial charge in [-0.2, -0.15) is 4.98 Å². The van der Waals surface area contributed by atoms with Crippen LogP contribution >= 0.6 is 16.5 Å². The standard InChI is InChI=1S/C22H25N10O11P.HO2P/c1-2-22(14(36)12(35)19(42-22)31-6-27-9-15(23)25-5-26-16(9)31)4-40-44(38,39)43-13-11(34)8(3-33)41-20(13)32-7-28-10-17(32)29-21(24)30-18(10)37;1-3-2/h1,5-8,11-14,19-20,33-36H,3-4H2,(H,38,39)(H2,23,25,26)(H3,24,29,30,37);(H,1,2)/t8-,11?,12+,13+,14?,19-,20-,22-;/m1./s1. The number of H-pyrrole nitrogens is 1. The van der Waals surface area contributed by atoms with Crippen molar-refractivity contribution in [3.63, 3.8) is 0 Å². The van der Waals surface area contributed by atoms with E-state index >= 15 is 0 Å². The lowest BCUT2D eigenvalue weighted by Gasteiger charge is -2.28. The molecule has 23 nitrogen and oxygen atoms in total. The van der Waals surface area contributed by atoms with E-state index in [1.807, 2.05) is 0 Å². The molecule has 0 aromatic carbocycles. The summed E-state index contributed by atoms with van der Waals surface area (Å²) >= 11 is 0. The number of ether oxygens (including phenoxy) is 2. The third-order valence-corrected chi connectivity index (χ3v) is 8.21. The van der Waals surface area contributed by atoms with Crippen molar-refractivity contribution in [2.45, 2.75) is 48.6 Å². The van der Waals surface area contributed by atoms with E-state index in [1.165, 1.54) is 10.9 Å². The number of fused-ring (bicyclic) bond motifs is 2. The van der Waals surface area contributed by atoms with Crippen LogP contribution in [0.5, 0.6) is 0 Å². The van der Waals surface area contributed by atoms with Gasteiger partial charge in [0.1, 0.15) is 49.0 Å². The van der Waals surface area contributed by atoms with Crippen molar-refractivity contribution in [3.8, 4) is 12.3 Å². The molecule has 47 heavy (non-hydrogen) atoms. The van der Waals surface area contributed by atoms with Crippen LogP contribution in [0, 0.1) is 12.3 Å². The number of imidazole rings is 2. The Balaban J connectivity index is 0.00000139. The average molecular weight is 700 g/mol. The molecule has 2 aliphatic rings. The second kappa shape index (κ2) is 13.2. The Morgan fingerprint density at radius 1 is 1.11 bits per heavy atom. The number of aliphatic hydroxyl groups excluding tert-OH is 4. The van der Waals surface area contributed by atoms with Gasteiger partial charge in [0, 0.05) is 0 Å². The van der Waals surface area contributed by atoms with Crippen molar-refractivity contribution in [1.29, 1.82) is 0 Å². The first-order valence-corrected chi connectivity index (χ1v) is 15.3. The minimum Gasteiger partial charge on any atom is -0.394 e. The Morgan fingerprint density at radius 2 is 1.77 bits per heavy atom. The molecule has 9 atom stereocenters. The van der Waals surface area contributed by atoms with Crippen LogP contribution in [0.25, 0.3) is 22.3 Å². The molecule has 4 aromatic rings. The number of nitrogens with one attached hydrogen (secondary N) is 1. The van der Waals surface area contributed by atoms with Crippen LogP contribution in [-0.2, 0) is 27.7 Å². The highest BCUT2D eigenvalue weighted by molar-refractivity contribution is 7.47. The van der Waals surface area contributed by atoms with Crippen molar-refractivity contribution in [2.24, 2.45) is 0 Å². The quantitative estimate of drug-likeness (QED) is 0.0641. The number of phosphoric ester groups is 1. The third-order valence-electron chi connectivity index (χ3n) is 7.24. The molecule has 25 heteroatoms. The van der Waals surface area contributed by atoms with Gasteiger partial charge < -0.3 is 51.2 Å². The summed E-state index contributed by atoms with van der Waals surface area (Å²) in [6.45, 7) is -1.72. The molecule has 0 spiro atoms. The fourth-order valence-corrected chi connectivity index (χ4v) is 5.99. The van der Waals surface area contributed by atoms with E-state index in [0.717, 1.165) is 17.2 Å². The summed E-state index contributed by atoms with van der Waals surface area (Å²) < 4.78 is 45.8. The molecule has 4 aromatic heterocycles. The van der Waals surface area contributed by atoms with Crippen LogP contribution < -0.4 is 17.0 Å². The number of nitrogens with two attached hydrogens (primary N) is 2. The topological polar surface area (TPSA) is 352 Å². The number of hydrogen-bond donors (Lipinski definition) is 9. The molecule has 11 N–H and O–H groups in total. The molecule has 2 saturated heterocycles. The van der Waals surface area contributed by atoms with Crippen LogP contribution in [-0.4, -0.2) is 119 Å². The number of phosphoric acid groups is 1. The highest BCUT2D eigenvalue weighted by atomic mass is 31.2. The Kier molecular flexibility index (Phi) is 9.67. The van der Waals surface area contributed by atoms with Gasteiger partial charge >= 0.3 is 16.5 Å². The van der Waals surface area contributed by atoms with Crippen LogP contribution in [0.4, 0.5) is 11.8 Å². The summed E-state index contributed by atoms with van der Waals surface area (Å²) in [5.41, 5.74) is 8.60. The molecule has 0 aliphatic carbocycles. The van der Waals surface area contributed by atoms with Crippen LogP contribution in [0.15, 0.2) is 23.8 Å². The maximum atomic E-state index is 13.2. The van der Waals surface area contributed by atoms with Crippen molar-refractivity contribution < 1.29 is 57.9 Å². The van der Waals surface area contributed by atoms with E-state index in [9.17, 15) is 34.7 Å². The Labute approximate surface area is 262 Å². The zero-order chi connectivity index (χ0) is 34.3. The number of terminal acetylenes is 1. The first-order valence-electron chi connectivity index (χ1n) is 13.0. The second-order valence-electron chi connectivity index (χ2n) is 9.97. The van der Waals surface area contributed by atoms with Gasteiger partial charge in [0.2, 0.25) is 5.95 Å². The molecule has 0 bridgehead atoms. The summed E-state index contributed by atoms with van der Waals surface area (Å²) in [7, 11) is -6.04. The van der Waals surface area contributed by atoms with Crippen LogP contribution in [0.3, 0.4) is 0 Å². The molecule has 6 heterocycles. The van der Waals surface area contributed by atoms with Crippen molar-refractivity contribution >= 4 is 50.6 Å². The minimum absolute atomic E-state index is 0.0428. The number of nitrogens with zero attached hydrogens (tertiary/aromatic N) is 7. The predicted molar refractivity (Wildman–Crippen MR) is 153 cm³/mol. The maximum Gasteiger partial charge on any atom is 0.472 e. The highest BCUT2D eigenvalue weighted by Gasteiger charge is 2.56. The summed E-state index contributed by atoms with van der Waals surface area (Å²) in [4.78, 5) is 52.0. The van der Waals surface area contributed by atoms with E-state index in [0.29, 0.717) is 0 Å². The SMILES string of the molecule is C#C[C@]1(COP(=O)(O)O[C@H]2C(O)[C@@H](CO)O[C@H]2n2cnc3c(=O)[nH]c(N)nc32)O[C@@H](n2cnc3c(N)ncnc32)[C@@H](O)C1O.O=PO. The average Bonchev–Trinajstić information content (AvgIpc) is 3.78. The molecule has 0 saturated carbocycles. The fraction of sp³-hybridized carbons (Fsp3) is 0.455. The molecule has 2 fully saturated rings. The number of rotatable bonds is 8. The van der Waals surface area contributed by atoms with Gasteiger partial charge in [-0.25, -0.2) is 29.1 Å². The summed E-state index contributed by atoms with van der Waals surface area (Å²) in [5, 5.41) is 42.1. The van der Waals surface area contributed by atoms with E-state index in [-0.39, 0.29) is 34.1 Å². The van der Waals surface area contributed by atoms with Gasteiger partial charge in [-0.3, -0.25) is 28.0 Å². The Bertz CT molecular complexity index is 1930. The van der Waals surface area contributed by atoms with Crippen LogP contribution in [0.1, 0.15) is 12.5 Å². The van der Waals surface area contributed by atoms with Gasteiger partial charge in [0.05, 0.1) is 19.3 Å². The number of aromatic nitrogens is 8. The normalized spacial score (nSPS) is 30.3. The maximum absolute atomic E-state index is 13.2. The van der Waals surface area contributed by atoms with Gasteiger partial charge in [-0.15, -0.1) is 6.42 Å². The zero-order valence-electron chi connectivity index (χ0n) is 23.5. The van der Waals surface area contributed by atoms with E-state index in [2.05, 4.69) is 35.8 Å². The molecular formula is C22H26N10O13P2. The summed E-state index contributed by atoms with van der Waals surface area (Å²) in [6.07, 6.45) is -2.01. The third kappa shape index (κ3) is 6.21. The predicted octanol–water partition coefficient (Wildman–Crippen LogP) is -3.32. The zero-order valence-corrected chi connectivity index (χ0v) is 25.3. The highest BCUT2D eigenvalue weighted by Crippen LogP contribution is 2.51. The van der Waals surface area contributed by atoms with Crippen LogP contribution in [0.2, 0.25) is 0 Å². The van der Waals surface area contributed by atoms with E-state index in [1.54, 1.807) is 0 Å². The summed E-state index contributed by atoms with van der Waals surface area (Å²) in [6, 6.07) is 0. The molecule has 0 amide bonds. The monoisotopic (exact) mass is 700 g/mol. The smallest absolute Gasteiger partial charge is 0.394 e. The van der Waals surface area contributed by atoms with E-state index in [4.69, 9.17) is 45.9 Å². The number of hydrogen-bond acceptors (Lipinski definition) is 18. The second-order valence-corrected chi connectivity index (χ2v) is 11.5. The molecule has 252 valence electrons. The van der Waals surface area contributed by atoms with Gasteiger partial charge in [-0.05, 0) is 0 Å². The molecular weight excluding hydrogens is 674 g/mol. The Hall–Kier alpha value is -4.01. The molecule has 2 aliphatic heterocycles. The lowest BCUT2D eigenvalue weighted by atomic mass is 9.97. The molecule has 6 rings (SSSR count). The molecule has 0 radical (unpaired) electrons.